The van der Waals surface area contributed by atoms with Gasteiger partial charge in [-0.05, 0) is 19.3 Å². The van der Waals surface area contributed by atoms with Crippen LogP contribution in [0.5, 0.6) is 0 Å². The van der Waals surface area contributed by atoms with E-state index in [1.807, 2.05) is 9.80 Å². The Morgan fingerprint density at radius 2 is 2.00 bits per heavy atom. The molecule has 0 saturated carbocycles. The highest BCUT2D eigenvalue weighted by Crippen LogP contribution is 2.09. The van der Waals surface area contributed by atoms with Crippen molar-refractivity contribution >= 4 is 5.91 Å². The lowest BCUT2D eigenvalue weighted by Gasteiger charge is -2.24. The molecule has 1 aliphatic rings. The number of rotatable bonds is 6. The minimum atomic E-state index is -0.237. The van der Waals surface area contributed by atoms with Gasteiger partial charge in [0.25, 0.3) is 0 Å². The van der Waals surface area contributed by atoms with E-state index in [1.54, 1.807) is 0 Å². The highest BCUT2D eigenvalue weighted by molar-refractivity contribution is 5.78. The first-order valence-corrected chi connectivity index (χ1v) is 6.35. The molecule has 16 heavy (non-hydrogen) atoms. The van der Waals surface area contributed by atoms with Crippen LogP contribution in [-0.2, 0) is 4.79 Å². The first-order chi connectivity index (χ1) is 7.67. The number of amides is 1. The van der Waals surface area contributed by atoms with Gasteiger partial charge in [-0.1, -0.05) is 13.8 Å². The second kappa shape index (κ2) is 6.86. The Morgan fingerprint density at radius 1 is 1.38 bits per heavy atom. The topological polar surface area (TPSA) is 43.8 Å². The molecule has 0 aromatic carbocycles. The lowest BCUT2D eigenvalue weighted by atomic mass is 10.3. The van der Waals surface area contributed by atoms with Gasteiger partial charge in [-0.25, -0.2) is 0 Å². The first-order valence-electron chi connectivity index (χ1n) is 6.35. The van der Waals surface area contributed by atoms with Crippen molar-refractivity contribution in [2.24, 2.45) is 0 Å². The molecule has 0 spiro atoms. The van der Waals surface area contributed by atoms with Crippen molar-refractivity contribution in [3.63, 3.8) is 0 Å². The fourth-order valence-electron chi connectivity index (χ4n) is 2.15. The van der Waals surface area contributed by atoms with E-state index in [2.05, 4.69) is 13.8 Å². The van der Waals surface area contributed by atoms with E-state index in [4.69, 9.17) is 0 Å². The molecule has 0 radical (unpaired) electrons. The van der Waals surface area contributed by atoms with Crippen LogP contribution in [0.2, 0.25) is 0 Å². The lowest BCUT2D eigenvalue weighted by molar-refractivity contribution is -0.132. The standard InChI is InChI=1S/C12H24N2O2/c1-3-6-14(7-4-2)12(16)10-13-8-5-11(15)9-13/h11,15H,3-10H2,1-2H3/t11-/m0/s1. The molecule has 0 aliphatic carbocycles. The van der Waals surface area contributed by atoms with Crippen LogP contribution in [0.15, 0.2) is 0 Å². The quantitative estimate of drug-likeness (QED) is 0.728. The molecule has 0 aromatic heterocycles. The van der Waals surface area contributed by atoms with E-state index in [1.165, 1.54) is 0 Å². The molecule has 4 heteroatoms. The van der Waals surface area contributed by atoms with Gasteiger partial charge in [-0.2, -0.15) is 0 Å². The number of hydrogen-bond donors (Lipinski definition) is 1. The number of hydrogen-bond acceptors (Lipinski definition) is 3. The number of β-amino-alcohol motifs (C(OH)–C–C–N with tert-alkyl or cyclic N) is 1. The molecule has 1 aliphatic heterocycles. The maximum Gasteiger partial charge on any atom is 0.236 e. The van der Waals surface area contributed by atoms with Gasteiger partial charge in [0.15, 0.2) is 0 Å². The zero-order valence-corrected chi connectivity index (χ0v) is 10.5. The number of likely N-dealkylation sites (tertiary alicyclic amines) is 1. The summed E-state index contributed by atoms with van der Waals surface area (Å²) in [7, 11) is 0. The summed E-state index contributed by atoms with van der Waals surface area (Å²) in [5, 5.41) is 9.39. The van der Waals surface area contributed by atoms with E-state index in [-0.39, 0.29) is 12.0 Å². The molecule has 1 heterocycles. The van der Waals surface area contributed by atoms with Crippen LogP contribution in [-0.4, -0.2) is 59.6 Å². The molecule has 1 saturated heterocycles. The number of aliphatic hydroxyl groups is 1. The lowest BCUT2D eigenvalue weighted by Crippen LogP contribution is -2.40. The normalized spacial score (nSPS) is 21.3. The minimum absolute atomic E-state index is 0.206. The Bertz CT molecular complexity index is 215. The summed E-state index contributed by atoms with van der Waals surface area (Å²) < 4.78 is 0. The van der Waals surface area contributed by atoms with E-state index >= 15 is 0 Å². The largest absolute Gasteiger partial charge is 0.392 e. The second-order valence-electron chi connectivity index (χ2n) is 4.56. The summed E-state index contributed by atoms with van der Waals surface area (Å²) in [6.45, 7) is 7.85. The molecular weight excluding hydrogens is 204 g/mol. The molecule has 1 fully saturated rings. The van der Waals surface area contributed by atoms with Crippen molar-refractivity contribution in [3.8, 4) is 0 Å². The minimum Gasteiger partial charge on any atom is -0.392 e. The predicted octanol–water partition coefficient (Wildman–Crippen LogP) is 0.702. The molecule has 1 rings (SSSR count). The summed E-state index contributed by atoms with van der Waals surface area (Å²) in [4.78, 5) is 16.0. The molecule has 4 nitrogen and oxygen atoms in total. The van der Waals surface area contributed by atoms with Crippen LogP contribution in [0.1, 0.15) is 33.1 Å². The summed E-state index contributed by atoms with van der Waals surface area (Å²) >= 11 is 0. The Hall–Kier alpha value is -0.610. The van der Waals surface area contributed by atoms with Crippen molar-refractivity contribution in [2.75, 3.05) is 32.7 Å². The van der Waals surface area contributed by atoms with Crippen molar-refractivity contribution in [1.82, 2.24) is 9.80 Å². The van der Waals surface area contributed by atoms with Crippen LogP contribution >= 0.6 is 0 Å². The van der Waals surface area contributed by atoms with E-state index in [0.29, 0.717) is 13.1 Å². The molecule has 0 aromatic rings. The molecular formula is C12H24N2O2. The molecule has 1 amide bonds. The van der Waals surface area contributed by atoms with Gasteiger partial charge in [0.2, 0.25) is 5.91 Å². The number of nitrogens with zero attached hydrogens (tertiary/aromatic N) is 2. The zero-order chi connectivity index (χ0) is 12.0. The maximum absolute atomic E-state index is 12.0. The smallest absolute Gasteiger partial charge is 0.236 e. The van der Waals surface area contributed by atoms with Gasteiger partial charge in [0.1, 0.15) is 0 Å². The van der Waals surface area contributed by atoms with Gasteiger partial charge in [-0.3, -0.25) is 9.69 Å². The van der Waals surface area contributed by atoms with Gasteiger partial charge in [0.05, 0.1) is 12.6 Å². The fraction of sp³-hybridized carbons (Fsp3) is 0.917. The Kier molecular flexibility index (Phi) is 5.77. The summed E-state index contributed by atoms with van der Waals surface area (Å²) in [5.74, 6) is 0.206. The summed E-state index contributed by atoms with van der Waals surface area (Å²) in [6, 6.07) is 0. The SMILES string of the molecule is CCCN(CCC)C(=O)CN1CC[C@H](O)C1. The van der Waals surface area contributed by atoms with Crippen LogP contribution < -0.4 is 0 Å². The first kappa shape index (κ1) is 13.5. The third-order valence-electron chi connectivity index (χ3n) is 2.95. The Labute approximate surface area is 98.2 Å². The monoisotopic (exact) mass is 228 g/mol. The summed E-state index contributed by atoms with van der Waals surface area (Å²) in [6.07, 6.45) is 2.58. The van der Waals surface area contributed by atoms with Crippen molar-refractivity contribution in [2.45, 2.75) is 39.2 Å². The molecule has 1 atom stereocenters. The number of aliphatic hydroxyl groups excluding tert-OH is 1. The molecule has 1 N–H and O–H groups in total. The zero-order valence-electron chi connectivity index (χ0n) is 10.5. The van der Waals surface area contributed by atoms with Crippen LogP contribution in [0.3, 0.4) is 0 Å². The average molecular weight is 228 g/mol. The van der Waals surface area contributed by atoms with Crippen LogP contribution in [0.4, 0.5) is 0 Å². The number of carbonyl (C=O) groups is 1. The van der Waals surface area contributed by atoms with Gasteiger partial charge < -0.3 is 10.0 Å². The van der Waals surface area contributed by atoms with Crippen LogP contribution in [0, 0.1) is 0 Å². The second-order valence-corrected chi connectivity index (χ2v) is 4.56. The van der Waals surface area contributed by atoms with Crippen molar-refractivity contribution in [1.29, 1.82) is 0 Å². The van der Waals surface area contributed by atoms with Crippen LogP contribution in [0.25, 0.3) is 0 Å². The average Bonchev–Trinajstić information content (AvgIpc) is 2.63. The van der Waals surface area contributed by atoms with E-state index in [0.717, 1.165) is 38.9 Å². The highest BCUT2D eigenvalue weighted by atomic mass is 16.3. The van der Waals surface area contributed by atoms with Crippen molar-refractivity contribution in [3.05, 3.63) is 0 Å². The fourth-order valence-corrected chi connectivity index (χ4v) is 2.15. The van der Waals surface area contributed by atoms with E-state index < -0.39 is 0 Å². The predicted molar refractivity (Wildman–Crippen MR) is 64.2 cm³/mol. The molecule has 0 unspecified atom stereocenters. The van der Waals surface area contributed by atoms with Gasteiger partial charge in [0, 0.05) is 26.2 Å². The third kappa shape index (κ3) is 4.10. The third-order valence-corrected chi connectivity index (χ3v) is 2.95. The Morgan fingerprint density at radius 3 is 2.44 bits per heavy atom. The van der Waals surface area contributed by atoms with Gasteiger partial charge >= 0.3 is 0 Å². The molecule has 0 bridgehead atoms. The highest BCUT2D eigenvalue weighted by Gasteiger charge is 2.23. The maximum atomic E-state index is 12.0. The summed E-state index contributed by atoms with van der Waals surface area (Å²) in [5.41, 5.74) is 0. The molecule has 94 valence electrons. The van der Waals surface area contributed by atoms with Gasteiger partial charge in [-0.15, -0.1) is 0 Å². The van der Waals surface area contributed by atoms with Crippen molar-refractivity contribution < 1.29 is 9.90 Å². The Balaban J connectivity index is 2.36. The van der Waals surface area contributed by atoms with E-state index in [9.17, 15) is 9.90 Å². The number of carbonyl (C=O) groups excluding carboxylic acids is 1.